The highest BCUT2D eigenvalue weighted by molar-refractivity contribution is 6.35. The van der Waals surface area contributed by atoms with E-state index in [1.54, 1.807) is 16.8 Å². The van der Waals surface area contributed by atoms with Crippen molar-refractivity contribution in [2.24, 2.45) is 17.8 Å². The third-order valence-corrected chi connectivity index (χ3v) is 9.33. The fraction of sp³-hybridized carbons (Fsp3) is 0.448. The number of carbonyl (C=O) groups is 1. The molecule has 4 aliphatic carbocycles. The molecule has 7 rings (SSSR count). The van der Waals surface area contributed by atoms with Crippen LogP contribution < -0.4 is 10.6 Å². The number of halogens is 3. The van der Waals surface area contributed by atoms with Gasteiger partial charge in [-0.05, 0) is 93.5 Å². The maximum Gasteiger partial charge on any atom is 0.272 e. The van der Waals surface area contributed by atoms with E-state index < -0.39 is 0 Å². The number of carbonyl (C=O) groups excluding carboxylic acids is 1. The lowest BCUT2D eigenvalue weighted by Crippen LogP contribution is -2.59. The zero-order valence-electron chi connectivity index (χ0n) is 20.9. The van der Waals surface area contributed by atoms with E-state index in [-0.39, 0.29) is 11.4 Å². The molecule has 1 heterocycles. The molecule has 0 saturated heterocycles. The van der Waals surface area contributed by atoms with E-state index in [0.717, 1.165) is 41.1 Å². The second-order valence-electron chi connectivity index (χ2n) is 11.2. The van der Waals surface area contributed by atoms with Gasteiger partial charge in [0, 0.05) is 39.8 Å². The minimum absolute atomic E-state index is 0.191. The van der Waals surface area contributed by atoms with Gasteiger partial charge in [-0.25, -0.2) is 4.68 Å². The van der Waals surface area contributed by atoms with Crippen molar-refractivity contribution < 1.29 is 4.79 Å². The van der Waals surface area contributed by atoms with Gasteiger partial charge < -0.3 is 10.6 Å². The predicted molar refractivity (Wildman–Crippen MR) is 150 cm³/mol. The number of rotatable bonds is 7. The number of amides is 1. The van der Waals surface area contributed by atoms with Crippen LogP contribution in [0.2, 0.25) is 15.1 Å². The summed E-state index contributed by atoms with van der Waals surface area (Å²) in [6, 6.07) is 12.7. The van der Waals surface area contributed by atoms with Crippen LogP contribution in [0.3, 0.4) is 0 Å². The normalized spacial score (nSPS) is 26.0. The fourth-order valence-corrected chi connectivity index (χ4v) is 8.01. The van der Waals surface area contributed by atoms with Crippen molar-refractivity contribution >= 4 is 40.7 Å². The van der Waals surface area contributed by atoms with Crippen LogP contribution in [0, 0.1) is 24.7 Å². The summed E-state index contributed by atoms with van der Waals surface area (Å²) < 4.78 is 1.72. The maximum atomic E-state index is 13.3. The van der Waals surface area contributed by atoms with E-state index in [4.69, 9.17) is 39.9 Å². The number of nitrogens with zero attached hydrogens (tertiary/aromatic N) is 2. The Balaban J connectivity index is 1.21. The van der Waals surface area contributed by atoms with Crippen LogP contribution in [0.4, 0.5) is 0 Å². The quantitative estimate of drug-likeness (QED) is 0.305. The summed E-state index contributed by atoms with van der Waals surface area (Å²) in [5.41, 5.74) is 3.78. The molecule has 194 valence electrons. The molecule has 1 amide bonds. The summed E-state index contributed by atoms with van der Waals surface area (Å²) in [6.07, 6.45) is 8.15. The molecule has 3 aromatic rings. The van der Waals surface area contributed by atoms with Crippen LogP contribution in [-0.2, 0) is 0 Å². The highest BCUT2D eigenvalue weighted by Gasteiger charge is 2.50. The first-order valence-electron chi connectivity index (χ1n) is 13.1. The Morgan fingerprint density at radius 1 is 0.946 bits per heavy atom. The van der Waals surface area contributed by atoms with Crippen LogP contribution in [0.25, 0.3) is 16.9 Å². The zero-order chi connectivity index (χ0) is 25.7. The van der Waals surface area contributed by atoms with Crippen molar-refractivity contribution in [2.45, 2.75) is 51.0 Å². The van der Waals surface area contributed by atoms with Crippen LogP contribution in [0.15, 0.2) is 42.5 Å². The summed E-state index contributed by atoms with van der Waals surface area (Å²) in [4.78, 5) is 13.3. The highest BCUT2D eigenvalue weighted by Crippen LogP contribution is 2.55. The number of aromatic nitrogens is 2. The van der Waals surface area contributed by atoms with Crippen LogP contribution in [0.1, 0.15) is 54.6 Å². The summed E-state index contributed by atoms with van der Waals surface area (Å²) >= 11 is 18.8. The van der Waals surface area contributed by atoms with Crippen molar-refractivity contribution in [3.8, 4) is 16.9 Å². The van der Waals surface area contributed by atoms with E-state index in [2.05, 4.69) is 10.6 Å². The predicted octanol–water partition coefficient (Wildman–Crippen LogP) is 7.10. The average molecular weight is 558 g/mol. The number of nitrogens with one attached hydrogen (secondary N) is 2. The fourth-order valence-electron chi connectivity index (χ4n) is 7.40. The minimum Gasteiger partial charge on any atom is -0.349 e. The molecule has 0 unspecified atom stereocenters. The Morgan fingerprint density at radius 2 is 1.57 bits per heavy atom. The van der Waals surface area contributed by atoms with Gasteiger partial charge in [0.25, 0.3) is 5.91 Å². The first kappa shape index (κ1) is 25.2. The lowest BCUT2D eigenvalue weighted by atomic mass is 9.53. The van der Waals surface area contributed by atoms with Gasteiger partial charge in [-0.15, -0.1) is 0 Å². The molecular weight excluding hydrogens is 527 g/mol. The van der Waals surface area contributed by atoms with Gasteiger partial charge >= 0.3 is 0 Å². The van der Waals surface area contributed by atoms with Gasteiger partial charge in [0.1, 0.15) is 0 Å². The summed E-state index contributed by atoms with van der Waals surface area (Å²) in [7, 11) is 0. The van der Waals surface area contributed by atoms with Gasteiger partial charge in [-0.1, -0.05) is 46.9 Å². The monoisotopic (exact) mass is 556 g/mol. The minimum atomic E-state index is -0.191. The van der Waals surface area contributed by atoms with Crippen LogP contribution in [-0.4, -0.2) is 34.3 Å². The average Bonchev–Trinajstić information content (AvgIpc) is 3.18. The van der Waals surface area contributed by atoms with E-state index in [0.29, 0.717) is 33.0 Å². The van der Waals surface area contributed by atoms with Gasteiger partial charge in [-0.3, -0.25) is 4.79 Å². The van der Waals surface area contributed by atoms with Crippen molar-refractivity contribution in [1.82, 2.24) is 20.4 Å². The molecule has 4 fully saturated rings. The molecule has 5 nitrogen and oxygen atoms in total. The topological polar surface area (TPSA) is 59.0 Å². The Morgan fingerprint density at radius 3 is 2.19 bits per heavy atom. The standard InChI is InChI=1S/C29H31Cl3N4O/c1-17-26(28(37)33-8-9-34-29-14-18-10-19(15-29)12-20(11-18)16-29)35-36(25-7-6-23(31)13-24(25)32)27(17)21-2-4-22(30)5-3-21/h2-7,13,18-20,34H,8-12,14-16H2,1H3,(H,33,37). The van der Waals surface area contributed by atoms with Crippen molar-refractivity contribution in [1.29, 1.82) is 0 Å². The Bertz CT molecular complexity index is 1300. The third kappa shape index (κ3) is 4.92. The van der Waals surface area contributed by atoms with E-state index >= 15 is 0 Å². The summed E-state index contributed by atoms with van der Waals surface area (Å²) in [6.45, 7) is 3.25. The molecule has 0 radical (unpaired) electrons. The van der Waals surface area contributed by atoms with Gasteiger partial charge in [0.05, 0.1) is 16.4 Å². The molecule has 4 saturated carbocycles. The smallest absolute Gasteiger partial charge is 0.272 e. The third-order valence-electron chi connectivity index (χ3n) is 8.54. The lowest BCUT2D eigenvalue weighted by Gasteiger charge is -2.57. The first-order chi connectivity index (χ1) is 17.8. The van der Waals surface area contributed by atoms with Crippen molar-refractivity contribution in [2.75, 3.05) is 13.1 Å². The molecule has 2 aromatic carbocycles. The van der Waals surface area contributed by atoms with E-state index in [9.17, 15) is 4.79 Å². The van der Waals surface area contributed by atoms with Gasteiger partial charge in [-0.2, -0.15) is 5.10 Å². The molecular formula is C29H31Cl3N4O. The second kappa shape index (κ2) is 9.92. The van der Waals surface area contributed by atoms with E-state index in [1.807, 2.05) is 37.3 Å². The molecule has 4 aliphatic rings. The summed E-state index contributed by atoms with van der Waals surface area (Å²) in [5.74, 6) is 2.49. The lowest BCUT2D eigenvalue weighted by molar-refractivity contribution is -0.0192. The number of hydrogen-bond donors (Lipinski definition) is 2. The SMILES string of the molecule is Cc1c(C(=O)NCCNC23CC4CC(CC(C4)C2)C3)nn(-c2ccc(Cl)cc2Cl)c1-c1ccc(Cl)cc1. The highest BCUT2D eigenvalue weighted by atomic mass is 35.5. The molecule has 1 aromatic heterocycles. The van der Waals surface area contributed by atoms with Gasteiger partial charge in [0.15, 0.2) is 5.69 Å². The maximum absolute atomic E-state index is 13.3. The summed E-state index contributed by atoms with van der Waals surface area (Å²) in [5, 5.41) is 13.3. The van der Waals surface area contributed by atoms with Crippen molar-refractivity contribution in [3.63, 3.8) is 0 Å². The first-order valence-corrected chi connectivity index (χ1v) is 14.3. The second-order valence-corrected chi connectivity index (χ2v) is 12.5. The van der Waals surface area contributed by atoms with Crippen molar-refractivity contribution in [3.05, 3.63) is 68.8 Å². The largest absolute Gasteiger partial charge is 0.349 e. The van der Waals surface area contributed by atoms with E-state index in [1.165, 1.54) is 38.5 Å². The number of hydrogen-bond acceptors (Lipinski definition) is 3. The molecule has 8 heteroatoms. The molecule has 0 atom stereocenters. The number of benzene rings is 2. The Labute approximate surface area is 232 Å². The Hall–Kier alpha value is -2.05. The Kier molecular flexibility index (Phi) is 6.77. The zero-order valence-corrected chi connectivity index (χ0v) is 23.1. The molecule has 0 aliphatic heterocycles. The molecule has 37 heavy (non-hydrogen) atoms. The van der Waals surface area contributed by atoms with Crippen LogP contribution in [0.5, 0.6) is 0 Å². The van der Waals surface area contributed by atoms with Gasteiger partial charge in [0.2, 0.25) is 0 Å². The molecule has 2 N–H and O–H groups in total. The molecule has 0 spiro atoms. The van der Waals surface area contributed by atoms with Crippen LogP contribution >= 0.6 is 34.8 Å². The molecule has 4 bridgehead atoms.